The van der Waals surface area contributed by atoms with E-state index in [9.17, 15) is 4.79 Å². The van der Waals surface area contributed by atoms with Crippen molar-refractivity contribution >= 4 is 11.7 Å². The minimum absolute atomic E-state index is 0.140. The van der Waals surface area contributed by atoms with Crippen molar-refractivity contribution in [1.82, 2.24) is 10.6 Å². The summed E-state index contributed by atoms with van der Waals surface area (Å²) in [4.78, 5) is 11.7. The molecule has 2 amide bonds. The minimum atomic E-state index is -0.140. The molecule has 0 saturated carbocycles. The third kappa shape index (κ3) is 2.97. The summed E-state index contributed by atoms with van der Waals surface area (Å²) in [6, 6.07) is 6.08. The molecule has 0 spiro atoms. The summed E-state index contributed by atoms with van der Waals surface area (Å²) in [5.74, 6) is 0. The van der Waals surface area contributed by atoms with Gasteiger partial charge in [0, 0.05) is 18.3 Å². The van der Waals surface area contributed by atoms with Gasteiger partial charge in [-0.2, -0.15) is 0 Å². The van der Waals surface area contributed by atoms with Gasteiger partial charge in [-0.05, 0) is 44.0 Å². The number of rotatable bonds is 2. The highest BCUT2D eigenvalue weighted by Gasteiger charge is 2.13. The standard InChI is InChI=1S/C13H19N3O/c1-9(2)15-13(17)16-12-5-3-4-10-6-7-14-8-11(10)12/h3-5,9,14H,6-8H2,1-2H3,(H2,15,16,17). The van der Waals surface area contributed by atoms with Crippen LogP contribution < -0.4 is 16.0 Å². The highest BCUT2D eigenvalue weighted by molar-refractivity contribution is 5.90. The van der Waals surface area contributed by atoms with Gasteiger partial charge in [0.1, 0.15) is 0 Å². The van der Waals surface area contributed by atoms with Gasteiger partial charge in [0.15, 0.2) is 0 Å². The predicted octanol–water partition coefficient (Wildman–Crippen LogP) is 1.86. The lowest BCUT2D eigenvalue weighted by atomic mass is 9.99. The van der Waals surface area contributed by atoms with Crippen LogP contribution in [0.2, 0.25) is 0 Å². The molecule has 0 bridgehead atoms. The van der Waals surface area contributed by atoms with Crippen molar-refractivity contribution in [1.29, 1.82) is 0 Å². The van der Waals surface area contributed by atoms with E-state index in [-0.39, 0.29) is 12.1 Å². The molecule has 1 aliphatic rings. The molecule has 92 valence electrons. The van der Waals surface area contributed by atoms with Gasteiger partial charge in [0.05, 0.1) is 0 Å². The van der Waals surface area contributed by atoms with Crippen LogP contribution in [0.5, 0.6) is 0 Å². The van der Waals surface area contributed by atoms with E-state index in [0.717, 1.165) is 25.2 Å². The van der Waals surface area contributed by atoms with Crippen molar-refractivity contribution in [2.24, 2.45) is 0 Å². The summed E-state index contributed by atoms with van der Waals surface area (Å²) in [5, 5.41) is 9.06. The van der Waals surface area contributed by atoms with Gasteiger partial charge in [-0.25, -0.2) is 4.79 Å². The molecule has 1 heterocycles. The zero-order chi connectivity index (χ0) is 12.3. The molecule has 3 N–H and O–H groups in total. The molecule has 0 unspecified atom stereocenters. The average molecular weight is 233 g/mol. The topological polar surface area (TPSA) is 53.2 Å². The van der Waals surface area contributed by atoms with Crippen molar-refractivity contribution in [2.75, 3.05) is 11.9 Å². The lowest BCUT2D eigenvalue weighted by Gasteiger charge is -2.21. The first-order chi connectivity index (χ1) is 8.16. The molecule has 0 radical (unpaired) electrons. The first-order valence-electron chi connectivity index (χ1n) is 6.06. The molecule has 1 aromatic carbocycles. The molecular weight excluding hydrogens is 214 g/mol. The van der Waals surface area contributed by atoms with Crippen LogP contribution in [-0.2, 0) is 13.0 Å². The van der Waals surface area contributed by atoms with E-state index < -0.39 is 0 Å². The maximum absolute atomic E-state index is 11.7. The Morgan fingerprint density at radius 2 is 2.24 bits per heavy atom. The zero-order valence-electron chi connectivity index (χ0n) is 10.3. The highest BCUT2D eigenvalue weighted by Crippen LogP contribution is 2.22. The molecule has 1 aromatic rings. The predicted molar refractivity (Wildman–Crippen MR) is 69.1 cm³/mol. The van der Waals surface area contributed by atoms with Crippen LogP contribution in [0.1, 0.15) is 25.0 Å². The number of fused-ring (bicyclic) bond motifs is 1. The molecule has 2 rings (SSSR count). The van der Waals surface area contributed by atoms with Crippen molar-refractivity contribution in [3.05, 3.63) is 29.3 Å². The molecule has 0 aliphatic carbocycles. The van der Waals surface area contributed by atoms with Gasteiger partial charge < -0.3 is 16.0 Å². The Morgan fingerprint density at radius 3 is 3.00 bits per heavy atom. The summed E-state index contributed by atoms with van der Waals surface area (Å²) >= 11 is 0. The Bertz CT molecular complexity index is 415. The van der Waals surface area contributed by atoms with E-state index in [4.69, 9.17) is 0 Å². The van der Waals surface area contributed by atoms with Gasteiger partial charge in [0.25, 0.3) is 0 Å². The first-order valence-corrected chi connectivity index (χ1v) is 6.06. The summed E-state index contributed by atoms with van der Waals surface area (Å²) in [6.45, 7) is 5.73. The monoisotopic (exact) mass is 233 g/mol. The molecular formula is C13H19N3O. The van der Waals surface area contributed by atoms with E-state index in [0.29, 0.717) is 0 Å². The summed E-state index contributed by atoms with van der Waals surface area (Å²) in [6.07, 6.45) is 1.02. The van der Waals surface area contributed by atoms with Crippen LogP contribution in [0.15, 0.2) is 18.2 Å². The maximum atomic E-state index is 11.7. The van der Waals surface area contributed by atoms with Gasteiger partial charge in [-0.1, -0.05) is 12.1 Å². The van der Waals surface area contributed by atoms with Crippen LogP contribution in [0.3, 0.4) is 0 Å². The molecule has 0 saturated heterocycles. The number of benzene rings is 1. The SMILES string of the molecule is CC(C)NC(=O)Nc1cccc2c1CNCC2. The number of carbonyl (C=O) groups excluding carboxylic acids is 1. The van der Waals surface area contributed by atoms with Gasteiger partial charge in [-0.15, -0.1) is 0 Å². The second-order valence-electron chi connectivity index (χ2n) is 4.62. The summed E-state index contributed by atoms with van der Waals surface area (Å²) in [7, 11) is 0. The van der Waals surface area contributed by atoms with E-state index in [1.165, 1.54) is 11.1 Å². The fourth-order valence-corrected chi connectivity index (χ4v) is 2.05. The Labute approximate surface area is 102 Å². The quantitative estimate of drug-likeness (QED) is 0.730. The fourth-order valence-electron chi connectivity index (χ4n) is 2.05. The van der Waals surface area contributed by atoms with E-state index in [2.05, 4.69) is 22.0 Å². The molecule has 4 nitrogen and oxygen atoms in total. The Kier molecular flexibility index (Phi) is 3.64. The lowest BCUT2D eigenvalue weighted by Crippen LogP contribution is -2.35. The Morgan fingerprint density at radius 1 is 1.41 bits per heavy atom. The van der Waals surface area contributed by atoms with Crippen LogP contribution >= 0.6 is 0 Å². The normalized spacial score (nSPS) is 14.3. The van der Waals surface area contributed by atoms with Crippen molar-refractivity contribution in [2.45, 2.75) is 32.9 Å². The average Bonchev–Trinajstić information content (AvgIpc) is 2.28. The first kappa shape index (κ1) is 11.9. The molecule has 17 heavy (non-hydrogen) atoms. The van der Waals surface area contributed by atoms with Crippen LogP contribution in [0, 0.1) is 0 Å². The largest absolute Gasteiger partial charge is 0.336 e. The fraction of sp³-hybridized carbons (Fsp3) is 0.462. The number of nitrogens with one attached hydrogen (secondary N) is 3. The third-order valence-corrected chi connectivity index (χ3v) is 2.81. The number of urea groups is 1. The summed E-state index contributed by atoms with van der Waals surface area (Å²) in [5.41, 5.74) is 3.44. The third-order valence-electron chi connectivity index (χ3n) is 2.81. The van der Waals surface area contributed by atoms with Crippen LogP contribution in [0.4, 0.5) is 10.5 Å². The van der Waals surface area contributed by atoms with Crippen LogP contribution in [0.25, 0.3) is 0 Å². The smallest absolute Gasteiger partial charge is 0.319 e. The molecule has 0 fully saturated rings. The number of anilines is 1. The van der Waals surface area contributed by atoms with E-state index in [1.807, 2.05) is 26.0 Å². The molecule has 0 aromatic heterocycles. The second-order valence-corrected chi connectivity index (χ2v) is 4.62. The van der Waals surface area contributed by atoms with Crippen molar-refractivity contribution in [3.8, 4) is 0 Å². The van der Waals surface area contributed by atoms with E-state index >= 15 is 0 Å². The van der Waals surface area contributed by atoms with Crippen LogP contribution in [-0.4, -0.2) is 18.6 Å². The number of carbonyl (C=O) groups is 1. The highest BCUT2D eigenvalue weighted by atomic mass is 16.2. The van der Waals surface area contributed by atoms with Gasteiger partial charge >= 0.3 is 6.03 Å². The van der Waals surface area contributed by atoms with Crippen molar-refractivity contribution in [3.63, 3.8) is 0 Å². The number of hydrogen-bond acceptors (Lipinski definition) is 2. The van der Waals surface area contributed by atoms with E-state index in [1.54, 1.807) is 0 Å². The van der Waals surface area contributed by atoms with Crippen molar-refractivity contribution < 1.29 is 4.79 Å². The zero-order valence-corrected chi connectivity index (χ0v) is 10.3. The van der Waals surface area contributed by atoms with Gasteiger partial charge in [-0.3, -0.25) is 0 Å². The van der Waals surface area contributed by atoms with Gasteiger partial charge in [0.2, 0.25) is 0 Å². The Balaban J connectivity index is 2.13. The molecule has 4 heteroatoms. The minimum Gasteiger partial charge on any atom is -0.336 e. The summed E-state index contributed by atoms with van der Waals surface area (Å²) < 4.78 is 0. The molecule has 1 aliphatic heterocycles. The second kappa shape index (κ2) is 5.19. The number of amides is 2. The maximum Gasteiger partial charge on any atom is 0.319 e. The number of hydrogen-bond donors (Lipinski definition) is 3. The molecule has 0 atom stereocenters. The Hall–Kier alpha value is -1.55. The lowest BCUT2D eigenvalue weighted by molar-refractivity contribution is 0.250.